The molecule has 0 saturated heterocycles. The molecule has 0 aliphatic rings. The predicted octanol–water partition coefficient (Wildman–Crippen LogP) is 3.79. The lowest BCUT2D eigenvalue weighted by molar-refractivity contribution is -0.137. The molecule has 2 N–H and O–H groups in total. The summed E-state index contributed by atoms with van der Waals surface area (Å²) < 4.78 is 38.0. The maximum atomic E-state index is 12.7. The second-order valence-corrected chi connectivity index (χ2v) is 6.05. The fourth-order valence-corrected chi connectivity index (χ4v) is 2.27. The first-order valence-electron chi connectivity index (χ1n) is 7.67. The van der Waals surface area contributed by atoms with Crippen molar-refractivity contribution < 1.29 is 22.8 Å². The summed E-state index contributed by atoms with van der Waals surface area (Å²) in [6.45, 7) is 1.40. The Kier molecular flexibility index (Phi) is 6.26. The van der Waals surface area contributed by atoms with Crippen molar-refractivity contribution >= 4 is 23.4 Å². The molecule has 4 nitrogen and oxygen atoms in total. The van der Waals surface area contributed by atoms with Gasteiger partial charge in [-0.05, 0) is 48.9 Å². The molecule has 0 radical (unpaired) electrons. The molecule has 0 spiro atoms. The van der Waals surface area contributed by atoms with Gasteiger partial charge in [0.25, 0.3) is 5.91 Å². The number of carbonyl (C=O) groups is 2. The molecule has 0 aliphatic heterocycles. The van der Waals surface area contributed by atoms with Crippen LogP contribution < -0.4 is 10.6 Å². The molecule has 0 bridgehead atoms. The summed E-state index contributed by atoms with van der Waals surface area (Å²) in [5.41, 5.74) is -0.135. The van der Waals surface area contributed by atoms with Crippen molar-refractivity contribution in [3.63, 3.8) is 0 Å². The molecule has 138 valence electrons. The van der Waals surface area contributed by atoms with E-state index in [1.807, 2.05) is 0 Å². The molecular weight excluding hydrogens is 369 g/mol. The molecule has 0 aliphatic carbocycles. The van der Waals surface area contributed by atoms with Gasteiger partial charge >= 0.3 is 6.18 Å². The Labute approximate surface area is 153 Å². The third kappa shape index (κ3) is 5.49. The van der Waals surface area contributed by atoms with Crippen LogP contribution in [-0.4, -0.2) is 17.9 Å². The second kappa shape index (κ2) is 8.23. The zero-order valence-corrected chi connectivity index (χ0v) is 14.5. The Balaban J connectivity index is 1.91. The van der Waals surface area contributed by atoms with Gasteiger partial charge in [0.1, 0.15) is 6.04 Å². The normalized spacial score (nSPS) is 12.3. The van der Waals surface area contributed by atoms with Crippen LogP contribution >= 0.6 is 11.6 Å². The van der Waals surface area contributed by atoms with E-state index < -0.39 is 29.6 Å². The lowest BCUT2D eigenvalue weighted by Crippen LogP contribution is -2.44. The molecule has 1 atom stereocenters. The van der Waals surface area contributed by atoms with Gasteiger partial charge in [-0.2, -0.15) is 13.2 Å². The molecule has 0 heterocycles. The van der Waals surface area contributed by atoms with Gasteiger partial charge in [0.05, 0.1) is 5.56 Å². The van der Waals surface area contributed by atoms with E-state index >= 15 is 0 Å². The van der Waals surface area contributed by atoms with E-state index in [9.17, 15) is 22.8 Å². The number of rotatable bonds is 5. The first-order valence-corrected chi connectivity index (χ1v) is 8.05. The highest BCUT2D eigenvalue weighted by molar-refractivity contribution is 6.30. The minimum absolute atomic E-state index is 0.0795. The van der Waals surface area contributed by atoms with Crippen molar-refractivity contribution in [2.24, 2.45) is 0 Å². The van der Waals surface area contributed by atoms with Gasteiger partial charge in [-0.3, -0.25) is 9.59 Å². The first-order chi connectivity index (χ1) is 12.2. The summed E-state index contributed by atoms with van der Waals surface area (Å²) >= 11 is 5.75. The van der Waals surface area contributed by atoms with Gasteiger partial charge in [0.15, 0.2) is 0 Å². The molecule has 2 rings (SSSR count). The number of hydrogen-bond acceptors (Lipinski definition) is 2. The van der Waals surface area contributed by atoms with E-state index in [2.05, 4.69) is 10.6 Å². The van der Waals surface area contributed by atoms with Crippen LogP contribution in [-0.2, 0) is 17.5 Å². The zero-order valence-electron chi connectivity index (χ0n) is 13.7. The Morgan fingerprint density at radius 3 is 2.38 bits per heavy atom. The fraction of sp³-hybridized carbons (Fsp3) is 0.222. The quantitative estimate of drug-likeness (QED) is 0.824. The van der Waals surface area contributed by atoms with Gasteiger partial charge in [0, 0.05) is 17.1 Å². The van der Waals surface area contributed by atoms with E-state index in [0.717, 1.165) is 12.1 Å². The summed E-state index contributed by atoms with van der Waals surface area (Å²) in [6.07, 6.45) is -4.44. The third-order valence-electron chi connectivity index (χ3n) is 3.57. The van der Waals surface area contributed by atoms with Crippen molar-refractivity contribution in [1.29, 1.82) is 0 Å². The molecule has 0 aromatic heterocycles. The van der Waals surface area contributed by atoms with Crippen LogP contribution in [0.1, 0.15) is 28.4 Å². The lowest BCUT2D eigenvalue weighted by Gasteiger charge is -2.15. The second-order valence-electron chi connectivity index (χ2n) is 5.62. The van der Waals surface area contributed by atoms with Gasteiger partial charge in [-0.1, -0.05) is 23.7 Å². The van der Waals surface area contributed by atoms with E-state index in [-0.39, 0.29) is 6.54 Å². The Morgan fingerprint density at radius 2 is 1.77 bits per heavy atom. The lowest BCUT2D eigenvalue weighted by atomic mass is 10.1. The number of nitrogens with one attached hydrogen (secondary N) is 2. The van der Waals surface area contributed by atoms with Crippen LogP contribution in [0.2, 0.25) is 5.02 Å². The Hall–Kier alpha value is -2.54. The summed E-state index contributed by atoms with van der Waals surface area (Å²) in [7, 11) is 0. The zero-order chi connectivity index (χ0) is 19.3. The van der Waals surface area contributed by atoms with Crippen molar-refractivity contribution in [3.8, 4) is 0 Å². The van der Waals surface area contributed by atoms with Crippen LogP contribution in [0, 0.1) is 0 Å². The summed E-state index contributed by atoms with van der Waals surface area (Å²) in [4.78, 5) is 24.1. The number of benzene rings is 2. The minimum Gasteiger partial charge on any atom is -0.350 e. The average molecular weight is 385 g/mol. The van der Waals surface area contributed by atoms with Crippen molar-refractivity contribution in [2.45, 2.75) is 25.7 Å². The van der Waals surface area contributed by atoms with Crippen molar-refractivity contribution in [2.75, 3.05) is 0 Å². The molecule has 26 heavy (non-hydrogen) atoms. The third-order valence-corrected chi connectivity index (χ3v) is 3.82. The first kappa shape index (κ1) is 19.8. The maximum Gasteiger partial charge on any atom is 0.416 e. The van der Waals surface area contributed by atoms with E-state index in [1.54, 1.807) is 12.1 Å². The maximum absolute atomic E-state index is 12.7. The fourth-order valence-electron chi connectivity index (χ4n) is 2.15. The largest absolute Gasteiger partial charge is 0.416 e. The molecule has 1 unspecified atom stereocenters. The molecule has 2 aromatic rings. The monoisotopic (exact) mass is 384 g/mol. The van der Waals surface area contributed by atoms with Gasteiger partial charge in [0.2, 0.25) is 5.91 Å². The number of halogens is 4. The standard InChI is InChI=1S/C18H16ClF3N2O2/c1-11(24-17(26)13-5-7-15(19)8-6-13)16(25)23-10-12-3-2-4-14(9-12)18(20,21)22/h2-9,11H,10H2,1H3,(H,23,25)(H,24,26). The summed E-state index contributed by atoms with van der Waals surface area (Å²) in [6, 6.07) is 9.96. The van der Waals surface area contributed by atoms with Crippen molar-refractivity contribution in [1.82, 2.24) is 10.6 Å². The summed E-state index contributed by atoms with van der Waals surface area (Å²) in [5, 5.41) is 5.49. The average Bonchev–Trinajstić information content (AvgIpc) is 2.59. The van der Waals surface area contributed by atoms with E-state index in [1.165, 1.54) is 31.2 Å². The Morgan fingerprint density at radius 1 is 1.12 bits per heavy atom. The highest BCUT2D eigenvalue weighted by Gasteiger charge is 2.30. The van der Waals surface area contributed by atoms with E-state index in [0.29, 0.717) is 16.1 Å². The summed E-state index contributed by atoms with van der Waals surface area (Å²) in [5.74, 6) is -0.965. The predicted molar refractivity (Wildman–Crippen MR) is 91.7 cm³/mol. The highest BCUT2D eigenvalue weighted by atomic mass is 35.5. The van der Waals surface area contributed by atoms with Crippen LogP contribution in [0.5, 0.6) is 0 Å². The molecule has 0 fully saturated rings. The molecule has 8 heteroatoms. The molecule has 2 aromatic carbocycles. The van der Waals surface area contributed by atoms with E-state index in [4.69, 9.17) is 11.6 Å². The van der Waals surface area contributed by atoms with Gasteiger partial charge in [-0.25, -0.2) is 0 Å². The topological polar surface area (TPSA) is 58.2 Å². The molecule has 0 saturated carbocycles. The number of carbonyl (C=O) groups excluding carboxylic acids is 2. The minimum atomic E-state index is -4.44. The van der Waals surface area contributed by atoms with Crippen LogP contribution in [0.3, 0.4) is 0 Å². The number of amides is 2. The molecular formula is C18H16ClF3N2O2. The van der Waals surface area contributed by atoms with Crippen molar-refractivity contribution in [3.05, 3.63) is 70.2 Å². The van der Waals surface area contributed by atoms with Gasteiger partial charge in [-0.15, -0.1) is 0 Å². The number of alkyl halides is 3. The van der Waals surface area contributed by atoms with Crippen LogP contribution in [0.25, 0.3) is 0 Å². The van der Waals surface area contributed by atoms with Gasteiger partial charge < -0.3 is 10.6 Å². The SMILES string of the molecule is CC(NC(=O)c1ccc(Cl)cc1)C(=O)NCc1cccc(C(F)(F)F)c1. The van der Waals surface area contributed by atoms with Crippen LogP contribution in [0.15, 0.2) is 48.5 Å². The smallest absolute Gasteiger partial charge is 0.350 e. The highest BCUT2D eigenvalue weighted by Crippen LogP contribution is 2.29. The molecule has 2 amide bonds. The van der Waals surface area contributed by atoms with Crippen LogP contribution in [0.4, 0.5) is 13.2 Å². The Bertz CT molecular complexity index is 792. The number of hydrogen-bond donors (Lipinski definition) is 2.